The number of nitrogens with zero attached hydrogens (tertiary/aromatic N) is 2. The second-order valence-corrected chi connectivity index (χ2v) is 8.79. The zero-order valence-corrected chi connectivity index (χ0v) is 19.3. The van der Waals surface area contributed by atoms with Gasteiger partial charge in [-0.1, -0.05) is 61.3 Å². The van der Waals surface area contributed by atoms with Gasteiger partial charge in [0.05, 0.1) is 6.54 Å². The number of aromatic nitrogens is 2. The number of carboxylic acids is 1. The summed E-state index contributed by atoms with van der Waals surface area (Å²) >= 11 is 6.87. The molecular formula is C23H18Br2N2O3. The predicted octanol–water partition coefficient (Wildman–Crippen LogP) is 6.47. The van der Waals surface area contributed by atoms with Crippen LogP contribution in [0.3, 0.4) is 0 Å². The maximum atomic E-state index is 11.2. The minimum Gasteiger partial charge on any atom is -0.477 e. The zero-order valence-electron chi connectivity index (χ0n) is 16.1. The molecule has 0 amide bonds. The Morgan fingerprint density at radius 2 is 1.93 bits per heavy atom. The summed E-state index contributed by atoms with van der Waals surface area (Å²) in [5.74, 6) is -0.693. The van der Waals surface area contributed by atoms with Crippen LogP contribution in [0.5, 0.6) is 0 Å². The van der Waals surface area contributed by atoms with Gasteiger partial charge >= 0.3 is 5.97 Å². The average Bonchev–Trinajstić information content (AvgIpc) is 3.41. The Labute approximate surface area is 190 Å². The van der Waals surface area contributed by atoms with E-state index in [2.05, 4.69) is 67.4 Å². The van der Waals surface area contributed by atoms with E-state index in [0.29, 0.717) is 18.0 Å². The normalized spacial score (nSPS) is 12.0. The summed E-state index contributed by atoms with van der Waals surface area (Å²) in [7, 11) is 0. The van der Waals surface area contributed by atoms with Crippen molar-refractivity contribution < 1.29 is 14.4 Å². The first-order valence-electron chi connectivity index (χ1n) is 9.30. The lowest BCUT2D eigenvalue weighted by atomic mass is 10.1. The molecule has 0 bridgehead atoms. The van der Waals surface area contributed by atoms with E-state index < -0.39 is 5.97 Å². The summed E-state index contributed by atoms with van der Waals surface area (Å²) in [6.07, 6.45) is 7.36. The van der Waals surface area contributed by atoms with E-state index in [0.717, 1.165) is 21.8 Å². The van der Waals surface area contributed by atoms with Crippen LogP contribution >= 0.6 is 31.9 Å². The molecule has 2 aromatic heterocycles. The van der Waals surface area contributed by atoms with Crippen molar-refractivity contribution in [3.05, 3.63) is 91.8 Å². The van der Waals surface area contributed by atoms with Crippen LogP contribution in [0.2, 0.25) is 0 Å². The van der Waals surface area contributed by atoms with Crippen molar-refractivity contribution in [2.75, 3.05) is 0 Å². The monoisotopic (exact) mass is 528 g/mol. The summed E-state index contributed by atoms with van der Waals surface area (Å²) in [5.41, 5.74) is 4.36. The van der Waals surface area contributed by atoms with Crippen LogP contribution in [0.15, 0.2) is 68.2 Å². The molecule has 0 saturated carbocycles. The molecule has 5 rings (SSSR count). The molecule has 4 aromatic rings. The van der Waals surface area contributed by atoms with Gasteiger partial charge < -0.3 is 14.2 Å². The van der Waals surface area contributed by atoms with E-state index in [4.69, 9.17) is 4.52 Å². The Morgan fingerprint density at radius 3 is 2.73 bits per heavy atom. The first-order valence-corrected chi connectivity index (χ1v) is 10.9. The molecule has 152 valence electrons. The van der Waals surface area contributed by atoms with Crippen molar-refractivity contribution in [3.8, 4) is 0 Å². The number of carboxylic acid groups (broad SMARTS) is 1. The van der Waals surface area contributed by atoms with E-state index in [1.165, 1.54) is 15.6 Å². The summed E-state index contributed by atoms with van der Waals surface area (Å²) in [4.78, 5) is 11.2. The third-order valence-corrected chi connectivity index (χ3v) is 5.93. The quantitative estimate of drug-likeness (QED) is 0.330. The highest BCUT2D eigenvalue weighted by Crippen LogP contribution is 2.24. The van der Waals surface area contributed by atoms with E-state index in [1.807, 2.05) is 35.0 Å². The molecule has 1 N–H and O–H groups in total. The summed E-state index contributed by atoms with van der Waals surface area (Å²) < 4.78 is 9.08. The van der Waals surface area contributed by atoms with E-state index in [1.54, 1.807) is 6.92 Å². The first-order chi connectivity index (χ1) is 14.4. The molecule has 2 heterocycles. The van der Waals surface area contributed by atoms with Gasteiger partial charge in [0.25, 0.3) is 0 Å². The van der Waals surface area contributed by atoms with E-state index >= 15 is 0 Å². The van der Waals surface area contributed by atoms with Crippen molar-refractivity contribution in [1.82, 2.24) is 9.72 Å². The topological polar surface area (TPSA) is 68.3 Å². The Balaban J connectivity index is 0.000000181. The number of aryl methyl sites for hydroxylation is 1. The number of rotatable bonds is 3. The second kappa shape index (κ2) is 8.62. The first kappa shape index (κ1) is 20.6. The third-order valence-electron chi connectivity index (χ3n) is 4.94. The second-order valence-electron chi connectivity index (χ2n) is 6.96. The lowest BCUT2D eigenvalue weighted by molar-refractivity contribution is 0.0694. The molecule has 30 heavy (non-hydrogen) atoms. The lowest BCUT2D eigenvalue weighted by Crippen LogP contribution is -2.06. The summed E-state index contributed by atoms with van der Waals surface area (Å²) in [5, 5.41) is 14.1. The van der Waals surface area contributed by atoms with Gasteiger partial charge in [-0.3, -0.25) is 0 Å². The van der Waals surface area contributed by atoms with Crippen LogP contribution in [-0.4, -0.2) is 20.8 Å². The SMILES string of the molecule is Brc1ccc2c(c1)CC=C2.Cc1onc(Cn2ccc3ccc(Br)cc32)c1C(=O)O. The molecule has 0 spiro atoms. The smallest absolute Gasteiger partial charge is 0.341 e. The molecule has 2 aromatic carbocycles. The van der Waals surface area contributed by atoms with Crippen LogP contribution in [0.25, 0.3) is 17.0 Å². The summed E-state index contributed by atoms with van der Waals surface area (Å²) in [6.45, 7) is 1.96. The largest absolute Gasteiger partial charge is 0.477 e. The number of halogens is 2. The van der Waals surface area contributed by atoms with Crippen LogP contribution in [-0.2, 0) is 13.0 Å². The van der Waals surface area contributed by atoms with Gasteiger partial charge in [-0.2, -0.15) is 0 Å². The fourth-order valence-corrected chi connectivity index (χ4v) is 4.24. The molecule has 0 atom stereocenters. The van der Waals surface area contributed by atoms with Crippen LogP contribution in [0, 0.1) is 6.92 Å². The Kier molecular flexibility index (Phi) is 5.92. The van der Waals surface area contributed by atoms with Crippen LogP contribution in [0.1, 0.15) is 32.9 Å². The minimum absolute atomic E-state index is 0.141. The van der Waals surface area contributed by atoms with Gasteiger partial charge in [-0.05, 0) is 60.2 Å². The highest BCUT2D eigenvalue weighted by Gasteiger charge is 2.20. The fourth-order valence-electron chi connectivity index (χ4n) is 3.48. The Bertz CT molecular complexity index is 1270. The fraction of sp³-hybridized carbons (Fsp3) is 0.130. The predicted molar refractivity (Wildman–Crippen MR) is 124 cm³/mol. The molecule has 0 fully saturated rings. The highest BCUT2D eigenvalue weighted by atomic mass is 79.9. The number of fused-ring (bicyclic) bond motifs is 2. The van der Waals surface area contributed by atoms with Crippen molar-refractivity contribution >= 4 is 54.8 Å². The maximum Gasteiger partial charge on any atom is 0.341 e. The number of aromatic carboxylic acids is 1. The molecular weight excluding hydrogens is 512 g/mol. The zero-order chi connectivity index (χ0) is 21.3. The average molecular weight is 530 g/mol. The number of hydrogen-bond donors (Lipinski definition) is 1. The van der Waals surface area contributed by atoms with E-state index in [9.17, 15) is 9.90 Å². The molecule has 5 nitrogen and oxygen atoms in total. The van der Waals surface area contributed by atoms with Crippen molar-refractivity contribution in [2.24, 2.45) is 0 Å². The Hall–Kier alpha value is -2.64. The van der Waals surface area contributed by atoms with Gasteiger partial charge in [-0.25, -0.2) is 4.79 Å². The molecule has 0 saturated heterocycles. The molecule has 1 aliphatic rings. The van der Waals surface area contributed by atoms with Gasteiger partial charge in [0.2, 0.25) is 0 Å². The maximum absolute atomic E-state index is 11.2. The molecule has 0 aliphatic heterocycles. The molecule has 7 heteroatoms. The van der Waals surface area contributed by atoms with Gasteiger partial charge in [-0.15, -0.1) is 0 Å². The Morgan fingerprint density at radius 1 is 1.17 bits per heavy atom. The lowest BCUT2D eigenvalue weighted by Gasteiger charge is -2.04. The number of carbonyl (C=O) groups is 1. The summed E-state index contributed by atoms with van der Waals surface area (Å²) in [6, 6.07) is 14.3. The standard InChI is InChI=1S/C14H11BrN2O3.C9H7Br/c1-8-13(14(18)19)11(16-20-8)7-17-5-4-9-2-3-10(15)6-12(9)17;10-9-5-4-7-2-1-3-8(7)6-9/h2-6H,7H2,1H3,(H,18,19);1-2,4-6H,3H2. The molecule has 0 radical (unpaired) electrons. The van der Waals surface area contributed by atoms with Gasteiger partial charge in [0.15, 0.2) is 0 Å². The van der Waals surface area contributed by atoms with Crippen molar-refractivity contribution in [3.63, 3.8) is 0 Å². The number of benzene rings is 2. The van der Waals surface area contributed by atoms with Crippen LogP contribution < -0.4 is 0 Å². The van der Waals surface area contributed by atoms with Gasteiger partial charge in [0.1, 0.15) is 17.0 Å². The molecule has 1 aliphatic carbocycles. The van der Waals surface area contributed by atoms with Crippen molar-refractivity contribution in [1.29, 1.82) is 0 Å². The van der Waals surface area contributed by atoms with Crippen LogP contribution in [0.4, 0.5) is 0 Å². The number of allylic oxidation sites excluding steroid dienone is 1. The van der Waals surface area contributed by atoms with Crippen molar-refractivity contribution in [2.45, 2.75) is 19.9 Å². The highest BCUT2D eigenvalue weighted by molar-refractivity contribution is 9.10. The molecule has 0 unspecified atom stereocenters. The van der Waals surface area contributed by atoms with E-state index in [-0.39, 0.29) is 5.56 Å². The minimum atomic E-state index is -1.02. The number of hydrogen-bond acceptors (Lipinski definition) is 3. The van der Waals surface area contributed by atoms with Gasteiger partial charge in [0, 0.05) is 20.7 Å². The third kappa shape index (κ3) is 4.27.